The van der Waals surface area contributed by atoms with E-state index in [1.165, 1.54) is 12.0 Å². The van der Waals surface area contributed by atoms with Crippen molar-refractivity contribution in [1.82, 2.24) is 4.98 Å². The van der Waals surface area contributed by atoms with Gasteiger partial charge in [0.2, 0.25) is 0 Å². The van der Waals surface area contributed by atoms with Crippen molar-refractivity contribution in [3.05, 3.63) is 17.8 Å². The molecule has 3 heteroatoms. The van der Waals surface area contributed by atoms with E-state index in [0.717, 1.165) is 36.9 Å². The highest BCUT2D eigenvalue weighted by molar-refractivity contribution is 5.53. The average Bonchev–Trinajstić information content (AvgIpc) is 2.66. The highest BCUT2D eigenvalue weighted by Gasteiger charge is 2.20. The first-order valence-corrected chi connectivity index (χ1v) is 5.70. The molecule has 1 atom stereocenters. The van der Waals surface area contributed by atoms with E-state index in [1.807, 2.05) is 0 Å². The molecule has 1 fully saturated rings. The molecule has 1 saturated heterocycles. The number of rotatable bonds is 2. The van der Waals surface area contributed by atoms with Crippen LogP contribution in [0.5, 0.6) is 0 Å². The molecular formula is C12H19N3. The minimum absolute atomic E-state index is 0.787. The standard InChI is InChI=1S/C12H19N3/c1-3-10-6-12(14-7-11(10)13)15-5-4-9(2)8-15/h6-7,9H,3-5,8,13H2,1-2H3/t9-/m0/s1. The topological polar surface area (TPSA) is 42.2 Å². The van der Waals surface area contributed by atoms with Gasteiger partial charge >= 0.3 is 0 Å². The molecule has 2 heterocycles. The van der Waals surface area contributed by atoms with Crippen LogP contribution in [-0.4, -0.2) is 18.1 Å². The fourth-order valence-electron chi connectivity index (χ4n) is 2.12. The number of pyridine rings is 1. The van der Waals surface area contributed by atoms with Crippen LogP contribution in [0.15, 0.2) is 12.3 Å². The first-order chi connectivity index (χ1) is 7.20. The summed E-state index contributed by atoms with van der Waals surface area (Å²) in [7, 11) is 0. The molecule has 0 aromatic carbocycles. The van der Waals surface area contributed by atoms with E-state index in [4.69, 9.17) is 5.73 Å². The van der Waals surface area contributed by atoms with E-state index >= 15 is 0 Å². The Kier molecular flexibility index (Phi) is 2.80. The van der Waals surface area contributed by atoms with E-state index in [2.05, 4.69) is 29.8 Å². The molecule has 15 heavy (non-hydrogen) atoms. The summed E-state index contributed by atoms with van der Waals surface area (Å²) in [6.07, 6.45) is 4.04. The third-order valence-corrected chi connectivity index (χ3v) is 3.14. The van der Waals surface area contributed by atoms with Gasteiger partial charge in [-0.1, -0.05) is 13.8 Å². The minimum atomic E-state index is 0.787. The maximum atomic E-state index is 5.84. The molecule has 1 aliphatic heterocycles. The van der Waals surface area contributed by atoms with Crippen molar-refractivity contribution in [3.63, 3.8) is 0 Å². The number of anilines is 2. The van der Waals surface area contributed by atoms with E-state index in [0.29, 0.717) is 0 Å². The lowest BCUT2D eigenvalue weighted by Gasteiger charge is -2.18. The van der Waals surface area contributed by atoms with Crippen LogP contribution in [0.1, 0.15) is 25.8 Å². The highest BCUT2D eigenvalue weighted by atomic mass is 15.2. The Bertz CT molecular complexity index is 349. The first-order valence-electron chi connectivity index (χ1n) is 5.70. The zero-order valence-electron chi connectivity index (χ0n) is 9.53. The highest BCUT2D eigenvalue weighted by Crippen LogP contribution is 2.24. The predicted octanol–water partition coefficient (Wildman–Crippen LogP) is 2.07. The lowest BCUT2D eigenvalue weighted by molar-refractivity contribution is 0.659. The van der Waals surface area contributed by atoms with E-state index in [1.54, 1.807) is 6.20 Å². The van der Waals surface area contributed by atoms with Gasteiger partial charge in [0.25, 0.3) is 0 Å². The van der Waals surface area contributed by atoms with Crippen molar-refractivity contribution in [2.24, 2.45) is 5.92 Å². The number of aryl methyl sites for hydroxylation is 1. The monoisotopic (exact) mass is 205 g/mol. The molecule has 0 bridgehead atoms. The number of hydrogen-bond acceptors (Lipinski definition) is 3. The van der Waals surface area contributed by atoms with Gasteiger partial charge in [0.15, 0.2) is 0 Å². The second-order valence-corrected chi connectivity index (χ2v) is 4.43. The van der Waals surface area contributed by atoms with Gasteiger partial charge in [0.05, 0.1) is 11.9 Å². The Hall–Kier alpha value is -1.25. The number of nitrogens with two attached hydrogens (primary N) is 1. The van der Waals surface area contributed by atoms with Crippen LogP contribution in [0, 0.1) is 5.92 Å². The Balaban J connectivity index is 2.21. The largest absolute Gasteiger partial charge is 0.397 e. The van der Waals surface area contributed by atoms with Gasteiger partial charge in [0, 0.05) is 13.1 Å². The molecule has 2 rings (SSSR count). The molecule has 0 saturated carbocycles. The Labute approximate surface area is 91.3 Å². The molecule has 3 nitrogen and oxygen atoms in total. The number of nitrogens with zero attached hydrogens (tertiary/aromatic N) is 2. The number of aromatic nitrogens is 1. The second-order valence-electron chi connectivity index (χ2n) is 4.43. The zero-order valence-corrected chi connectivity index (χ0v) is 9.53. The van der Waals surface area contributed by atoms with Crippen molar-refractivity contribution in [1.29, 1.82) is 0 Å². The smallest absolute Gasteiger partial charge is 0.128 e. The zero-order chi connectivity index (χ0) is 10.8. The molecule has 0 unspecified atom stereocenters. The Morgan fingerprint density at radius 1 is 1.60 bits per heavy atom. The summed E-state index contributed by atoms with van der Waals surface area (Å²) in [6, 6.07) is 2.13. The van der Waals surface area contributed by atoms with Gasteiger partial charge < -0.3 is 10.6 Å². The maximum Gasteiger partial charge on any atom is 0.128 e. The molecule has 2 N–H and O–H groups in total. The molecular weight excluding hydrogens is 186 g/mol. The second kappa shape index (κ2) is 4.09. The molecule has 0 spiro atoms. The fraction of sp³-hybridized carbons (Fsp3) is 0.583. The summed E-state index contributed by atoms with van der Waals surface area (Å²) in [4.78, 5) is 6.75. The van der Waals surface area contributed by atoms with Gasteiger partial charge in [-0.3, -0.25) is 0 Å². The molecule has 1 aromatic heterocycles. The molecule has 82 valence electrons. The summed E-state index contributed by atoms with van der Waals surface area (Å²) < 4.78 is 0. The summed E-state index contributed by atoms with van der Waals surface area (Å²) in [5.74, 6) is 1.87. The van der Waals surface area contributed by atoms with Crippen molar-refractivity contribution in [3.8, 4) is 0 Å². The summed E-state index contributed by atoms with van der Waals surface area (Å²) in [5, 5.41) is 0. The number of hydrogen-bond donors (Lipinski definition) is 1. The lowest BCUT2D eigenvalue weighted by Crippen LogP contribution is -2.20. The quantitative estimate of drug-likeness (QED) is 0.803. The molecule has 0 radical (unpaired) electrons. The van der Waals surface area contributed by atoms with Gasteiger partial charge in [0.1, 0.15) is 5.82 Å². The van der Waals surface area contributed by atoms with Crippen LogP contribution >= 0.6 is 0 Å². The Morgan fingerprint density at radius 2 is 2.40 bits per heavy atom. The van der Waals surface area contributed by atoms with Crippen LogP contribution in [0.2, 0.25) is 0 Å². The first kappa shape index (κ1) is 10.3. The van der Waals surface area contributed by atoms with Crippen LogP contribution in [0.3, 0.4) is 0 Å². The van der Waals surface area contributed by atoms with Crippen LogP contribution < -0.4 is 10.6 Å². The fourth-order valence-corrected chi connectivity index (χ4v) is 2.12. The van der Waals surface area contributed by atoms with Gasteiger partial charge in [-0.2, -0.15) is 0 Å². The summed E-state index contributed by atoms with van der Waals surface area (Å²) in [6.45, 7) is 6.67. The summed E-state index contributed by atoms with van der Waals surface area (Å²) >= 11 is 0. The average molecular weight is 205 g/mol. The van der Waals surface area contributed by atoms with Crippen molar-refractivity contribution < 1.29 is 0 Å². The van der Waals surface area contributed by atoms with Crippen LogP contribution in [0.25, 0.3) is 0 Å². The molecule has 0 aliphatic carbocycles. The van der Waals surface area contributed by atoms with E-state index in [-0.39, 0.29) is 0 Å². The number of nitrogen functional groups attached to an aromatic ring is 1. The van der Waals surface area contributed by atoms with E-state index < -0.39 is 0 Å². The van der Waals surface area contributed by atoms with Gasteiger partial charge in [-0.25, -0.2) is 4.98 Å². The van der Waals surface area contributed by atoms with Gasteiger partial charge in [-0.15, -0.1) is 0 Å². The van der Waals surface area contributed by atoms with Crippen molar-refractivity contribution in [2.45, 2.75) is 26.7 Å². The predicted molar refractivity (Wildman–Crippen MR) is 64.0 cm³/mol. The van der Waals surface area contributed by atoms with Gasteiger partial charge in [-0.05, 0) is 30.4 Å². The van der Waals surface area contributed by atoms with E-state index in [9.17, 15) is 0 Å². The van der Waals surface area contributed by atoms with Crippen LogP contribution in [0.4, 0.5) is 11.5 Å². The normalized spacial score (nSPS) is 20.9. The van der Waals surface area contributed by atoms with Crippen molar-refractivity contribution in [2.75, 3.05) is 23.7 Å². The van der Waals surface area contributed by atoms with Crippen LogP contribution in [-0.2, 0) is 6.42 Å². The third-order valence-electron chi connectivity index (χ3n) is 3.14. The third kappa shape index (κ3) is 2.06. The molecule has 1 aliphatic rings. The lowest BCUT2D eigenvalue weighted by atomic mass is 10.1. The SMILES string of the molecule is CCc1cc(N2CC[C@H](C)C2)ncc1N. The summed E-state index contributed by atoms with van der Waals surface area (Å²) in [5.41, 5.74) is 7.87. The van der Waals surface area contributed by atoms with Crippen molar-refractivity contribution >= 4 is 11.5 Å². The molecule has 1 aromatic rings. The minimum Gasteiger partial charge on any atom is -0.397 e. The maximum absolute atomic E-state index is 5.84. The molecule has 0 amide bonds. The Morgan fingerprint density at radius 3 is 3.00 bits per heavy atom.